The largest absolute Gasteiger partial charge is 0.295 e. The Bertz CT molecular complexity index is 558. The zero-order chi connectivity index (χ0) is 14.6. The second-order valence-corrected chi connectivity index (χ2v) is 7.88. The van der Waals surface area contributed by atoms with Crippen LogP contribution in [0.1, 0.15) is 44.1 Å². The van der Waals surface area contributed by atoms with Gasteiger partial charge < -0.3 is 0 Å². The van der Waals surface area contributed by atoms with Crippen LogP contribution in [-0.2, 0) is 11.3 Å². The highest BCUT2D eigenvalue weighted by Gasteiger charge is 2.54. The van der Waals surface area contributed by atoms with Crippen LogP contribution in [0, 0.1) is 30.1 Å². The number of hydrogen-bond acceptors (Lipinski definition) is 2. The van der Waals surface area contributed by atoms with Gasteiger partial charge in [-0.2, -0.15) is 0 Å². The number of aryl methyl sites for hydroxylation is 1. The summed E-state index contributed by atoms with van der Waals surface area (Å²) in [6.07, 6.45) is 9.53. The van der Waals surface area contributed by atoms with E-state index in [1.807, 2.05) is 29.8 Å². The monoisotopic (exact) mass is 285 g/mol. The van der Waals surface area contributed by atoms with Crippen LogP contribution in [0.4, 0.5) is 5.82 Å². The number of Topliss-reactive ketones (excluding diaryl/α,β-unsaturated/α-hetero) is 1. The van der Waals surface area contributed by atoms with Gasteiger partial charge in [0.25, 0.3) is 5.82 Å². The number of nitrogens with two attached hydrogens (primary N) is 1. The Morgan fingerprint density at radius 2 is 1.81 bits per heavy atom. The van der Waals surface area contributed by atoms with Crippen molar-refractivity contribution in [2.75, 3.05) is 5.73 Å². The Morgan fingerprint density at radius 3 is 2.33 bits per heavy atom. The second-order valence-electron chi connectivity index (χ2n) is 7.88. The summed E-state index contributed by atoms with van der Waals surface area (Å²) in [5.41, 5.74) is 7.20. The fourth-order valence-corrected chi connectivity index (χ4v) is 5.58. The molecule has 2 N–H and O–H groups in total. The van der Waals surface area contributed by atoms with Crippen molar-refractivity contribution in [1.82, 2.24) is 0 Å². The van der Waals surface area contributed by atoms with E-state index in [2.05, 4.69) is 0 Å². The lowest BCUT2D eigenvalue weighted by Crippen LogP contribution is -2.54. The Labute approximate surface area is 126 Å². The first kappa shape index (κ1) is 13.3. The predicted molar refractivity (Wildman–Crippen MR) is 81.4 cm³/mol. The quantitative estimate of drug-likeness (QED) is 0.868. The number of ketones is 1. The number of anilines is 1. The summed E-state index contributed by atoms with van der Waals surface area (Å²) in [7, 11) is 0. The summed E-state index contributed by atoms with van der Waals surface area (Å²) in [4.78, 5) is 13.0. The lowest BCUT2D eigenvalue weighted by atomic mass is 9.48. The highest BCUT2D eigenvalue weighted by Crippen LogP contribution is 2.60. The molecule has 4 saturated carbocycles. The van der Waals surface area contributed by atoms with Crippen LogP contribution in [0.3, 0.4) is 0 Å². The highest BCUT2D eigenvalue weighted by molar-refractivity contribution is 5.84. The van der Waals surface area contributed by atoms with E-state index < -0.39 is 0 Å². The number of pyridine rings is 1. The van der Waals surface area contributed by atoms with Crippen molar-refractivity contribution in [2.24, 2.45) is 23.2 Å². The molecule has 21 heavy (non-hydrogen) atoms. The van der Waals surface area contributed by atoms with Crippen LogP contribution in [0.2, 0.25) is 0 Å². The average Bonchev–Trinajstić information content (AvgIpc) is 2.40. The first-order valence-corrected chi connectivity index (χ1v) is 8.33. The van der Waals surface area contributed by atoms with Gasteiger partial charge in [0.1, 0.15) is 6.54 Å². The molecule has 0 aromatic carbocycles. The van der Waals surface area contributed by atoms with E-state index in [0.29, 0.717) is 18.1 Å². The second kappa shape index (κ2) is 4.56. The molecule has 0 amide bonds. The van der Waals surface area contributed by atoms with Crippen molar-refractivity contribution in [3.8, 4) is 0 Å². The van der Waals surface area contributed by atoms with E-state index in [-0.39, 0.29) is 5.41 Å². The van der Waals surface area contributed by atoms with Gasteiger partial charge in [-0.3, -0.25) is 10.5 Å². The standard InChI is InChI=1S/C18H24N2O/c1-12-2-3-20(17(19)4-12)11-16(21)18-8-13-5-14(9-18)7-15(6-13)10-18/h2-4,13-15,19H,5-11H2,1H3/p+1. The molecule has 4 aliphatic rings. The van der Waals surface area contributed by atoms with Gasteiger partial charge in [0, 0.05) is 11.5 Å². The summed E-state index contributed by atoms with van der Waals surface area (Å²) in [6.45, 7) is 2.49. The average molecular weight is 285 g/mol. The van der Waals surface area contributed by atoms with Gasteiger partial charge in [0.2, 0.25) is 0 Å². The number of nitrogens with zero attached hydrogens (tertiary/aromatic N) is 1. The van der Waals surface area contributed by atoms with Crippen molar-refractivity contribution in [3.05, 3.63) is 23.9 Å². The first-order valence-electron chi connectivity index (χ1n) is 8.33. The molecule has 0 aliphatic heterocycles. The minimum Gasteiger partial charge on any atom is -0.295 e. The van der Waals surface area contributed by atoms with Crippen LogP contribution in [-0.4, -0.2) is 5.78 Å². The Morgan fingerprint density at radius 1 is 1.24 bits per heavy atom. The molecule has 0 unspecified atom stereocenters. The van der Waals surface area contributed by atoms with Crippen LogP contribution in [0.5, 0.6) is 0 Å². The van der Waals surface area contributed by atoms with Gasteiger partial charge in [0.05, 0.1) is 6.20 Å². The molecule has 3 heteroatoms. The minimum absolute atomic E-state index is 0.0148. The van der Waals surface area contributed by atoms with Crippen LogP contribution in [0.15, 0.2) is 18.3 Å². The first-order chi connectivity index (χ1) is 10.0. The molecule has 0 spiro atoms. The SMILES string of the molecule is Cc1cc[n+](CC(=O)C23CC4CC(CC(C4)C2)C3)c(N)c1. The molecular formula is C18H25N2O+. The molecule has 0 saturated heterocycles. The molecule has 1 heterocycles. The molecule has 4 fully saturated rings. The van der Waals surface area contributed by atoms with Crippen molar-refractivity contribution < 1.29 is 9.36 Å². The maximum absolute atomic E-state index is 13.0. The molecular weight excluding hydrogens is 260 g/mol. The zero-order valence-corrected chi connectivity index (χ0v) is 12.8. The third-order valence-electron chi connectivity index (χ3n) is 6.17. The number of nitrogen functional groups attached to an aromatic ring is 1. The maximum atomic E-state index is 13.0. The lowest BCUT2D eigenvalue weighted by molar-refractivity contribution is -0.670. The number of carbonyl (C=O) groups excluding carboxylic acids is 1. The Hall–Kier alpha value is -1.38. The number of carbonyl (C=O) groups is 1. The van der Waals surface area contributed by atoms with Gasteiger partial charge in [-0.05, 0) is 74.8 Å². The van der Waals surface area contributed by atoms with Crippen molar-refractivity contribution in [2.45, 2.75) is 52.0 Å². The number of hydrogen-bond donors (Lipinski definition) is 1. The van der Waals surface area contributed by atoms with Gasteiger partial charge in [-0.25, -0.2) is 4.57 Å². The van der Waals surface area contributed by atoms with Crippen molar-refractivity contribution >= 4 is 11.6 Å². The van der Waals surface area contributed by atoms with Gasteiger partial charge >= 0.3 is 0 Å². The van der Waals surface area contributed by atoms with Gasteiger partial charge in [-0.15, -0.1) is 0 Å². The summed E-state index contributed by atoms with van der Waals surface area (Å²) in [6, 6.07) is 3.98. The molecule has 3 nitrogen and oxygen atoms in total. The van der Waals surface area contributed by atoms with Crippen LogP contribution in [0.25, 0.3) is 0 Å². The molecule has 112 valence electrons. The van der Waals surface area contributed by atoms with Crippen molar-refractivity contribution in [1.29, 1.82) is 0 Å². The van der Waals surface area contributed by atoms with E-state index in [1.165, 1.54) is 19.3 Å². The van der Waals surface area contributed by atoms with Crippen LogP contribution < -0.4 is 10.3 Å². The van der Waals surface area contributed by atoms with E-state index in [9.17, 15) is 4.79 Å². The third-order valence-corrected chi connectivity index (χ3v) is 6.17. The fraction of sp³-hybridized carbons (Fsp3) is 0.667. The summed E-state index contributed by atoms with van der Waals surface area (Å²) < 4.78 is 1.92. The number of rotatable bonds is 3. The van der Waals surface area contributed by atoms with E-state index in [0.717, 1.165) is 42.6 Å². The van der Waals surface area contributed by atoms with E-state index in [4.69, 9.17) is 5.73 Å². The Kier molecular flexibility index (Phi) is 2.88. The molecule has 1 aromatic rings. The predicted octanol–water partition coefficient (Wildman–Crippen LogP) is 2.65. The fourth-order valence-electron chi connectivity index (χ4n) is 5.58. The molecule has 0 radical (unpaired) electrons. The highest BCUT2D eigenvalue weighted by atomic mass is 16.1. The van der Waals surface area contributed by atoms with Gasteiger partial charge in [-0.1, -0.05) is 0 Å². The minimum atomic E-state index is -0.0148. The summed E-state index contributed by atoms with van der Waals surface area (Å²) >= 11 is 0. The van der Waals surface area contributed by atoms with E-state index in [1.54, 1.807) is 0 Å². The molecule has 4 bridgehead atoms. The van der Waals surface area contributed by atoms with Crippen molar-refractivity contribution in [3.63, 3.8) is 0 Å². The summed E-state index contributed by atoms with van der Waals surface area (Å²) in [5, 5.41) is 0. The molecule has 5 rings (SSSR count). The molecule has 1 aromatic heterocycles. The lowest BCUT2D eigenvalue weighted by Gasteiger charge is -2.55. The summed E-state index contributed by atoms with van der Waals surface area (Å²) in [5.74, 6) is 3.59. The molecule has 0 atom stereocenters. The normalized spacial score (nSPS) is 36.9. The maximum Gasteiger partial charge on any atom is 0.272 e. The third kappa shape index (κ3) is 2.18. The number of aromatic nitrogens is 1. The van der Waals surface area contributed by atoms with E-state index >= 15 is 0 Å². The molecule has 4 aliphatic carbocycles. The topological polar surface area (TPSA) is 47.0 Å². The van der Waals surface area contributed by atoms with Gasteiger partial charge in [0.15, 0.2) is 5.78 Å². The zero-order valence-electron chi connectivity index (χ0n) is 12.8. The Balaban J connectivity index is 1.57. The smallest absolute Gasteiger partial charge is 0.272 e. The van der Waals surface area contributed by atoms with Crippen LogP contribution >= 0.6 is 0 Å².